The summed E-state index contributed by atoms with van der Waals surface area (Å²) in [7, 11) is 0. The van der Waals surface area contributed by atoms with Gasteiger partial charge < -0.3 is 10.2 Å². The van der Waals surface area contributed by atoms with Crippen LogP contribution in [0.1, 0.15) is 79.1 Å². The molecule has 0 aromatic heterocycles. The zero-order valence-electron chi connectivity index (χ0n) is 14.9. The molecule has 2 N–H and O–H groups in total. The van der Waals surface area contributed by atoms with E-state index in [0.717, 1.165) is 31.1 Å². The van der Waals surface area contributed by atoms with Crippen molar-refractivity contribution in [3.8, 4) is 0 Å². The van der Waals surface area contributed by atoms with Gasteiger partial charge in [0.15, 0.2) is 0 Å². The van der Waals surface area contributed by atoms with Crippen LogP contribution in [0.5, 0.6) is 0 Å². The molecule has 2 bridgehead atoms. The summed E-state index contributed by atoms with van der Waals surface area (Å²) < 4.78 is 0. The zero-order chi connectivity index (χ0) is 16.0. The Hall–Kier alpha value is -0.0800. The largest absolute Gasteiger partial charge is 0.393 e. The lowest BCUT2D eigenvalue weighted by molar-refractivity contribution is -0.193. The summed E-state index contributed by atoms with van der Waals surface area (Å²) in [6.07, 6.45) is 9.09. The van der Waals surface area contributed by atoms with Crippen LogP contribution in [0, 0.1) is 34.0 Å². The van der Waals surface area contributed by atoms with E-state index in [9.17, 15) is 10.2 Å². The Morgan fingerprint density at radius 3 is 2.32 bits per heavy atom. The molecule has 0 amide bonds. The smallest absolute Gasteiger partial charge is 0.0648 e. The molecule has 1 unspecified atom stereocenters. The first-order valence-corrected chi connectivity index (χ1v) is 9.51. The lowest BCUT2D eigenvalue weighted by Gasteiger charge is -2.66. The second-order valence-electron chi connectivity index (χ2n) is 10.4. The molecule has 0 aromatic carbocycles. The predicted octanol–water partition coefficient (Wildman–Crippen LogP) is 4.14. The first-order valence-electron chi connectivity index (χ1n) is 9.51. The fourth-order valence-corrected chi connectivity index (χ4v) is 8.04. The average molecular weight is 306 g/mol. The van der Waals surface area contributed by atoms with Crippen molar-refractivity contribution in [2.45, 2.75) is 90.8 Å². The Morgan fingerprint density at radius 2 is 1.59 bits per heavy atom. The van der Waals surface area contributed by atoms with E-state index in [-0.39, 0.29) is 16.9 Å². The molecule has 2 nitrogen and oxygen atoms in total. The Balaban J connectivity index is 1.78. The molecule has 7 atom stereocenters. The molecular weight excluding hydrogens is 272 g/mol. The summed E-state index contributed by atoms with van der Waals surface area (Å²) in [4.78, 5) is 0. The third kappa shape index (κ3) is 1.75. The number of aliphatic hydroxyl groups excluding tert-OH is 1. The van der Waals surface area contributed by atoms with Gasteiger partial charge in [-0.15, -0.1) is 0 Å². The number of aliphatic hydroxyl groups is 2. The molecule has 0 aliphatic heterocycles. The van der Waals surface area contributed by atoms with Gasteiger partial charge in [0.25, 0.3) is 0 Å². The number of hydrogen-bond donors (Lipinski definition) is 2. The Kier molecular flexibility index (Phi) is 3.02. The summed E-state index contributed by atoms with van der Waals surface area (Å²) >= 11 is 0. The van der Waals surface area contributed by atoms with Crippen molar-refractivity contribution in [1.82, 2.24) is 0 Å². The van der Waals surface area contributed by atoms with E-state index in [4.69, 9.17) is 0 Å². The molecule has 4 fully saturated rings. The van der Waals surface area contributed by atoms with Gasteiger partial charge in [-0.3, -0.25) is 0 Å². The van der Waals surface area contributed by atoms with Crippen molar-refractivity contribution >= 4 is 0 Å². The van der Waals surface area contributed by atoms with Crippen molar-refractivity contribution in [1.29, 1.82) is 0 Å². The van der Waals surface area contributed by atoms with Crippen LogP contribution in [0.25, 0.3) is 0 Å². The van der Waals surface area contributed by atoms with E-state index in [0.29, 0.717) is 11.3 Å². The van der Waals surface area contributed by atoms with Crippen molar-refractivity contribution in [3.05, 3.63) is 0 Å². The molecule has 4 rings (SSSR count). The van der Waals surface area contributed by atoms with Crippen LogP contribution in [0.4, 0.5) is 0 Å². The minimum Gasteiger partial charge on any atom is -0.393 e. The van der Waals surface area contributed by atoms with Crippen molar-refractivity contribution in [2.24, 2.45) is 34.0 Å². The van der Waals surface area contributed by atoms with Crippen LogP contribution in [0.2, 0.25) is 0 Å². The standard InChI is InChI=1S/C20H34O2/c1-17(2)11-15(21)12-18(3)16(17)6-5-13-9-14-10-20(13,18)8-7-19(14,4)22/h13-16,21-22H,5-12H2,1-4H3/t13-,14?,15-,16-,18-,19-,20+/m0/s1. The summed E-state index contributed by atoms with van der Waals surface area (Å²) in [5.74, 6) is 2.01. The third-order valence-electron chi connectivity index (χ3n) is 8.99. The monoisotopic (exact) mass is 306 g/mol. The summed E-state index contributed by atoms with van der Waals surface area (Å²) in [6, 6.07) is 0. The lowest BCUT2D eigenvalue weighted by atomic mass is 9.39. The van der Waals surface area contributed by atoms with E-state index in [1.165, 1.54) is 32.1 Å². The van der Waals surface area contributed by atoms with E-state index in [1.54, 1.807) is 0 Å². The van der Waals surface area contributed by atoms with Gasteiger partial charge in [0.2, 0.25) is 0 Å². The van der Waals surface area contributed by atoms with Gasteiger partial charge >= 0.3 is 0 Å². The molecule has 4 saturated carbocycles. The topological polar surface area (TPSA) is 40.5 Å². The molecule has 0 heterocycles. The maximum absolute atomic E-state index is 10.8. The van der Waals surface area contributed by atoms with Crippen LogP contribution in [0.3, 0.4) is 0 Å². The minimum atomic E-state index is -0.447. The Bertz CT molecular complexity index is 482. The quantitative estimate of drug-likeness (QED) is 0.706. The molecule has 0 radical (unpaired) electrons. The van der Waals surface area contributed by atoms with Crippen LogP contribution in [-0.2, 0) is 0 Å². The molecule has 126 valence electrons. The molecule has 2 heteroatoms. The van der Waals surface area contributed by atoms with Gasteiger partial charge in [-0.1, -0.05) is 20.8 Å². The first-order chi connectivity index (χ1) is 10.1. The van der Waals surface area contributed by atoms with E-state index >= 15 is 0 Å². The van der Waals surface area contributed by atoms with Gasteiger partial charge in [-0.25, -0.2) is 0 Å². The summed E-state index contributed by atoms with van der Waals surface area (Å²) in [6.45, 7) is 9.36. The van der Waals surface area contributed by atoms with Crippen molar-refractivity contribution in [2.75, 3.05) is 0 Å². The van der Waals surface area contributed by atoms with Crippen LogP contribution >= 0.6 is 0 Å². The molecule has 0 saturated heterocycles. The van der Waals surface area contributed by atoms with E-state index < -0.39 is 5.60 Å². The molecule has 4 aliphatic rings. The second-order valence-corrected chi connectivity index (χ2v) is 10.4. The van der Waals surface area contributed by atoms with Crippen LogP contribution < -0.4 is 0 Å². The first kappa shape index (κ1) is 15.4. The molecule has 22 heavy (non-hydrogen) atoms. The van der Waals surface area contributed by atoms with Crippen LogP contribution in [0.15, 0.2) is 0 Å². The Labute approximate surface area is 135 Å². The van der Waals surface area contributed by atoms with Gasteiger partial charge in [0.1, 0.15) is 0 Å². The lowest BCUT2D eigenvalue weighted by Crippen LogP contribution is -2.60. The molecular formula is C20H34O2. The summed E-state index contributed by atoms with van der Waals surface area (Å²) in [5, 5.41) is 21.4. The number of hydrogen-bond acceptors (Lipinski definition) is 2. The van der Waals surface area contributed by atoms with Crippen molar-refractivity contribution < 1.29 is 10.2 Å². The summed E-state index contributed by atoms with van der Waals surface area (Å²) in [5.41, 5.74) is 0.464. The average Bonchev–Trinajstić information content (AvgIpc) is 2.71. The normalized spacial score (nSPS) is 59.7. The highest BCUT2D eigenvalue weighted by atomic mass is 16.3. The highest BCUT2D eigenvalue weighted by Crippen LogP contribution is 2.75. The van der Waals surface area contributed by atoms with Gasteiger partial charge in [-0.05, 0) is 92.3 Å². The van der Waals surface area contributed by atoms with Crippen LogP contribution in [-0.4, -0.2) is 21.9 Å². The van der Waals surface area contributed by atoms with Crippen molar-refractivity contribution in [3.63, 3.8) is 0 Å². The highest BCUT2D eigenvalue weighted by Gasteiger charge is 2.69. The molecule has 0 aromatic rings. The molecule has 1 spiro atoms. The Morgan fingerprint density at radius 1 is 0.864 bits per heavy atom. The number of rotatable bonds is 0. The minimum absolute atomic E-state index is 0.133. The third-order valence-corrected chi connectivity index (χ3v) is 8.99. The fourth-order valence-electron chi connectivity index (χ4n) is 8.04. The highest BCUT2D eigenvalue weighted by molar-refractivity contribution is 5.18. The van der Waals surface area contributed by atoms with Gasteiger partial charge in [0, 0.05) is 0 Å². The predicted molar refractivity (Wildman–Crippen MR) is 88.4 cm³/mol. The van der Waals surface area contributed by atoms with Gasteiger partial charge in [-0.2, -0.15) is 0 Å². The van der Waals surface area contributed by atoms with E-state index in [1.807, 2.05) is 0 Å². The second kappa shape index (κ2) is 4.30. The maximum Gasteiger partial charge on any atom is 0.0648 e. The van der Waals surface area contributed by atoms with E-state index in [2.05, 4.69) is 27.7 Å². The molecule has 4 aliphatic carbocycles. The SMILES string of the molecule is CC1(C)C[C@H](O)C[C@@]2(C)[C@H]1CC[C@H]1CC3C[C@]12CC[C@]3(C)O. The number of fused-ring (bicyclic) bond motifs is 2. The fraction of sp³-hybridized carbons (Fsp3) is 1.00. The van der Waals surface area contributed by atoms with Gasteiger partial charge in [0.05, 0.1) is 11.7 Å². The maximum atomic E-state index is 10.8. The zero-order valence-corrected chi connectivity index (χ0v) is 14.9.